The normalized spacial score (nSPS) is 16.8. The minimum atomic E-state index is -0.138. The average molecular weight is 318 g/mol. The van der Waals surface area contributed by atoms with Crippen molar-refractivity contribution < 1.29 is 4.79 Å². The molecule has 2 aromatic heterocycles. The van der Waals surface area contributed by atoms with Gasteiger partial charge in [-0.2, -0.15) is 0 Å². The van der Waals surface area contributed by atoms with Gasteiger partial charge in [-0.3, -0.25) is 4.79 Å². The number of nitrogens with one attached hydrogen (secondary N) is 1. The maximum Gasteiger partial charge on any atom is 0.252 e. The van der Waals surface area contributed by atoms with E-state index in [1.807, 2.05) is 18.4 Å². The number of carbonyl (C=O) groups excluding carboxylic acids is 1. The highest BCUT2D eigenvalue weighted by molar-refractivity contribution is 7.10. The Labute approximate surface area is 134 Å². The van der Waals surface area contributed by atoms with Crippen LogP contribution in [0.2, 0.25) is 0 Å². The van der Waals surface area contributed by atoms with E-state index in [4.69, 9.17) is 0 Å². The first-order valence-corrected chi connectivity index (χ1v) is 8.84. The molecule has 0 saturated heterocycles. The van der Waals surface area contributed by atoms with Gasteiger partial charge in [-0.25, -0.2) is 0 Å². The summed E-state index contributed by atoms with van der Waals surface area (Å²) in [4.78, 5) is 13.6. The fraction of sp³-hybridized carbons (Fsp3) is 0.562. The second-order valence-corrected chi connectivity index (χ2v) is 6.88. The average Bonchev–Trinajstić information content (AvgIpc) is 3.25. The Morgan fingerprint density at radius 2 is 2.27 bits per heavy atom. The molecule has 5 nitrogen and oxygen atoms in total. The molecule has 1 atom stereocenters. The predicted molar refractivity (Wildman–Crippen MR) is 87.1 cm³/mol. The van der Waals surface area contributed by atoms with E-state index in [9.17, 15) is 4.79 Å². The van der Waals surface area contributed by atoms with Crippen molar-refractivity contribution in [1.29, 1.82) is 0 Å². The first-order chi connectivity index (χ1) is 10.7. The Morgan fingerprint density at radius 1 is 1.50 bits per heavy atom. The summed E-state index contributed by atoms with van der Waals surface area (Å²) >= 11 is 1.63. The van der Waals surface area contributed by atoms with Crippen molar-refractivity contribution in [1.82, 2.24) is 20.1 Å². The van der Waals surface area contributed by atoms with Crippen LogP contribution in [0.4, 0.5) is 0 Å². The summed E-state index contributed by atoms with van der Waals surface area (Å²) in [5, 5.41) is 13.2. The van der Waals surface area contributed by atoms with E-state index in [2.05, 4.69) is 27.0 Å². The monoisotopic (exact) mass is 318 g/mol. The van der Waals surface area contributed by atoms with Crippen molar-refractivity contribution in [2.75, 3.05) is 0 Å². The maximum atomic E-state index is 12.4. The van der Waals surface area contributed by atoms with Crippen molar-refractivity contribution in [3.63, 3.8) is 0 Å². The van der Waals surface area contributed by atoms with Crippen LogP contribution in [0.5, 0.6) is 0 Å². The van der Waals surface area contributed by atoms with E-state index >= 15 is 0 Å². The van der Waals surface area contributed by atoms with Gasteiger partial charge in [0.2, 0.25) is 0 Å². The molecule has 1 amide bonds. The van der Waals surface area contributed by atoms with Crippen LogP contribution in [0, 0.1) is 0 Å². The predicted octanol–water partition coefficient (Wildman–Crippen LogP) is 3.51. The Kier molecular flexibility index (Phi) is 4.57. The van der Waals surface area contributed by atoms with Crippen molar-refractivity contribution in [2.24, 2.45) is 0 Å². The molecule has 1 saturated carbocycles. The van der Waals surface area contributed by atoms with Gasteiger partial charge in [0, 0.05) is 16.3 Å². The number of thiophene rings is 1. The van der Waals surface area contributed by atoms with Crippen LogP contribution in [0.25, 0.3) is 0 Å². The largest absolute Gasteiger partial charge is 0.342 e. The molecule has 118 valence electrons. The van der Waals surface area contributed by atoms with Crippen molar-refractivity contribution >= 4 is 17.2 Å². The Hall–Kier alpha value is -1.69. The summed E-state index contributed by atoms with van der Waals surface area (Å²) in [6, 6.07) is 2.31. The zero-order valence-corrected chi connectivity index (χ0v) is 13.9. The van der Waals surface area contributed by atoms with Gasteiger partial charge in [0.1, 0.15) is 6.33 Å². The van der Waals surface area contributed by atoms with Gasteiger partial charge in [-0.1, -0.05) is 19.8 Å². The molecule has 1 fully saturated rings. The van der Waals surface area contributed by atoms with Crippen LogP contribution in [0.1, 0.15) is 72.7 Å². The number of aromatic nitrogens is 3. The highest BCUT2D eigenvalue weighted by atomic mass is 32.1. The van der Waals surface area contributed by atoms with E-state index in [0.717, 1.165) is 17.8 Å². The van der Waals surface area contributed by atoms with Gasteiger partial charge in [-0.05, 0) is 32.3 Å². The number of hydrogen-bond acceptors (Lipinski definition) is 4. The second-order valence-electron chi connectivity index (χ2n) is 5.89. The molecule has 1 unspecified atom stereocenters. The summed E-state index contributed by atoms with van der Waals surface area (Å²) in [5.74, 6) is 0.815. The molecule has 6 heteroatoms. The molecule has 22 heavy (non-hydrogen) atoms. The van der Waals surface area contributed by atoms with Gasteiger partial charge in [0.25, 0.3) is 5.91 Å². The van der Waals surface area contributed by atoms with E-state index in [0.29, 0.717) is 6.04 Å². The topological polar surface area (TPSA) is 59.8 Å². The molecule has 1 aliphatic carbocycles. The van der Waals surface area contributed by atoms with Gasteiger partial charge in [-0.15, -0.1) is 21.5 Å². The van der Waals surface area contributed by atoms with Crippen molar-refractivity contribution in [3.05, 3.63) is 34.0 Å². The Morgan fingerprint density at radius 3 is 2.95 bits per heavy atom. The molecule has 0 spiro atoms. The lowest BCUT2D eigenvalue weighted by Crippen LogP contribution is -2.29. The SMILES string of the molecule is CCc1cc(C(=O)NC(C)c2nncn2C2CCCC2)cs1. The summed E-state index contributed by atoms with van der Waals surface area (Å²) in [5.41, 5.74) is 0.737. The number of aryl methyl sites for hydroxylation is 1. The first kappa shape index (κ1) is 15.2. The van der Waals surface area contributed by atoms with Crippen LogP contribution in [-0.2, 0) is 6.42 Å². The molecule has 1 aliphatic rings. The number of hydrogen-bond donors (Lipinski definition) is 1. The fourth-order valence-corrected chi connectivity index (χ4v) is 3.87. The lowest BCUT2D eigenvalue weighted by Gasteiger charge is -2.18. The molecule has 0 bridgehead atoms. The summed E-state index contributed by atoms with van der Waals surface area (Å²) in [7, 11) is 0. The first-order valence-electron chi connectivity index (χ1n) is 7.96. The van der Waals surface area contributed by atoms with Crippen molar-refractivity contribution in [3.8, 4) is 0 Å². The molecule has 2 heterocycles. The molecule has 2 aromatic rings. The third-order valence-corrected chi connectivity index (χ3v) is 5.40. The van der Waals surface area contributed by atoms with E-state index in [1.165, 1.54) is 30.6 Å². The van der Waals surface area contributed by atoms with Gasteiger partial charge >= 0.3 is 0 Å². The van der Waals surface area contributed by atoms with E-state index < -0.39 is 0 Å². The van der Waals surface area contributed by atoms with Crippen molar-refractivity contribution in [2.45, 2.75) is 58.0 Å². The number of nitrogens with zero attached hydrogens (tertiary/aromatic N) is 3. The Balaban J connectivity index is 1.70. The molecular formula is C16H22N4OS. The lowest BCUT2D eigenvalue weighted by molar-refractivity contribution is 0.0937. The summed E-state index contributed by atoms with van der Waals surface area (Å²) in [6.45, 7) is 4.07. The fourth-order valence-electron chi connectivity index (χ4n) is 3.06. The summed E-state index contributed by atoms with van der Waals surface area (Å²) in [6.07, 6.45) is 7.64. The molecule has 0 aliphatic heterocycles. The molecule has 1 N–H and O–H groups in total. The minimum Gasteiger partial charge on any atom is -0.342 e. The van der Waals surface area contributed by atoms with E-state index in [-0.39, 0.29) is 11.9 Å². The number of rotatable bonds is 5. The van der Waals surface area contributed by atoms with Gasteiger partial charge in [0.15, 0.2) is 5.82 Å². The second kappa shape index (κ2) is 6.60. The lowest BCUT2D eigenvalue weighted by atomic mass is 10.2. The third kappa shape index (κ3) is 3.06. The van der Waals surface area contributed by atoms with E-state index in [1.54, 1.807) is 17.7 Å². The number of carbonyl (C=O) groups is 1. The highest BCUT2D eigenvalue weighted by Gasteiger charge is 2.23. The minimum absolute atomic E-state index is 0.0376. The summed E-state index contributed by atoms with van der Waals surface area (Å²) < 4.78 is 2.14. The number of amides is 1. The smallest absolute Gasteiger partial charge is 0.252 e. The quantitative estimate of drug-likeness (QED) is 0.917. The molecule has 0 radical (unpaired) electrons. The van der Waals surface area contributed by atoms with Crippen LogP contribution in [0.15, 0.2) is 17.8 Å². The third-order valence-electron chi connectivity index (χ3n) is 4.32. The zero-order valence-electron chi connectivity index (χ0n) is 13.1. The van der Waals surface area contributed by atoms with Crippen LogP contribution in [-0.4, -0.2) is 20.7 Å². The Bertz CT molecular complexity index is 642. The maximum absolute atomic E-state index is 12.4. The molecule has 3 rings (SSSR count). The van der Waals surface area contributed by atoms with Crippen LogP contribution in [0.3, 0.4) is 0 Å². The van der Waals surface area contributed by atoms with Gasteiger partial charge < -0.3 is 9.88 Å². The van der Waals surface area contributed by atoms with Crippen LogP contribution >= 0.6 is 11.3 Å². The standard InChI is InChI=1S/C16H22N4OS/c1-3-14-8-12(9-22-14)16(21)18-11(2)15-19-17-10-20(15)13-6-4-5-7-13/h8-11,13H,3-7H2,1-2H3,(H,18,21). The molecular weight excluding hydrogens is 296 g/mol. The zero-order chi connectivity index (χ0) is 15.5. The molecule has 0 aromatic carbocycles. The van der Waals surface area contributed by atoms with Crippen LogP contribution < -0.4 is 5.32 Å². The highest BCUT2D eigenvalue weighted by Crippen LogP contribution is 2.31. The van der Waals surface area contributed by atoms with Gasteiger partial charge in [0.05, 0.1) is 11.6 Å².